The van der Waals surface area contributed by atoms with Crippen molar-refractivity contribution in [2.24, 2.45) is 0 Å². The molecule has 0 bridgehead atoms. The molecule has 0 unspecified atom stereocenters. The summed E-state index contributed by atoms with van der Waals surface area (Å²) in [6, 6.07) is 0. The van der Waals surface area contributed by atoms with E-state index in [1.807, 2.05) is 0 Å². The normalized spacial score (nSPS) is 12.0. The van der Waals surface area contributed by atoms with Crippen molar-refractivity contribution in [1.29, 1.82) is 0 Å². The van der Waals surface area contributed by atoms with E-state index in [0.29, 0.717) is 13.5 Å². The Bertz CT molecular complexity index is 69.8. The van der Waals surface area contributed by atoms with Crippen LogP contribution in [0.1, 0.15) is 13.8 Å². The third-order valence-electron chi connectivity index (χ3n) is 0.600. The Morgan fingerprint density at radius 3 is 2.33 bits per heavy atom. The number of ether oxygens (including phenoxy) is 2. The molecule has 0 rings (SSSR count). The van der Waals surface area contributed by atoms with Crippen LogP contribution in [0.25, 0.3) is 0 Å². The summed E-state index contributed by atoms with van der Waals surface area (Å²) in [5.74, 6) is 0. The molecule has 4 heteroatoms. The average molecular weight is 140 g/mol. The molecule has 0 heterocycles. The van der Waals surface area contributed by atoms with Crippen molar-refractivity contribution >= 4 is 0 Å². The molecule has 0 atom stereocenters. The van der Waals surface area contributed by atoms with Crippen LogP contribution in [0.4, 0.5) is 8.78 Å². The fourth-order valence-electron chi connectivity index (χ4n) is 0.228. The summed E-state index contributed by atoms with van der Waals surface area (Å²) >= 11 is 0. The molecule has 0 N–H and O–H groups in total. The molecule has 0 aromatic carbocycles. The second-order valence-electron chi connectivity index (χ2n) is 1.56. The molecule has 0 aliphatic heterocycles. The Morgan fingerprint density at radius 1 is 1.44 bits per heavy atom. The lowest BCUT2D eigenvalue weighted by atomic mass is 10.7. The Hall–Kier alpha value is -0.220. The van der Waals surface area contributed by atoms with Gasteiger partial charge < -0.3 is 4.74 Å². The van der Waals surface area contributed by atoms with Crippen molar-refractivity contribution in [2.75, 3.05) is 13.4 Å². The van der Waals surface area contributed by atoms with Crippen LogP contribution in [0.3, 0.4) is 0 Å². The molecule has 0 saturated carbocycles. The second-order valence-corrected chi connectivity index (χ2v) is 1.56. The number of halogens is 2. The monoisotopic (exact) mass is 140 g/mol. The highest BCUT2D eigenvalue weighted by Gasteiger charge is 2.20. The average Bonchev–Trinajstić information content (AvgIpc) is 1.63. The van der Waals surface area contributed by atoms with Gasteiger partial charge in [-0.1, -0.05) is 0 Å². The summed E-state index contributed by atoms with van der Waals surface area (Å²) in [6.45, 7) is 2.42. The van der Waals surface area contributed by atoms with Gasteiger partial charge in [-0.3, -0.25) is 4.74 Å². The van der Waals surface area contributed by atoms with E-state index in [1.54, 1.807) is 6.92 Å². The number of hydrogen-bond donors (Lipinski definition) is 0. The van der Waals surface area contributed by atoms with Crippen LogP contribution in [0.15, 0.2) is 0 Å². The zero-order valence-electron chi connectivity index (χ0n) is 5.49. The quantitative estimate of drug-likeness (QED) is 0.436. The van der Waals surface area contributed by atoms with Crippen molar-refractivity contribution in [3.63, 3.8) is 0 Å². The van der Waals surface area contributed by atoms with Gasteiger partial charge in [0.25, 0.3) is 0 Å². The van der Waals surface area contributed by atoms with Gasteiger partial charge in [0.05, 0.1) is 0 Å². The topological polar surface area (TPSA) is 18.5 Å². The third-order valence-corrected chi connectivity index (χ3v) is 0.600. The Kier molecular flexibility index (Phi) is 3.65. The van der Waals surface area contributed by atoms with Crippen LogP contribution < -0.4 is 0 Å². The van der Waals surface area contributed by atoms with E-state index >= 15 is 0 Å². The van der Waals surface area contributed by atoms with E-state index in [0.717, 1.165) is 0 Å². The minimum absolute atomic E-state index is 0.347. The van der Waals surface area contributed by atoms with Crippen molar-refractivity contribution in [3.8, 4) is 0 Å². The van der Waals surface area contributed by atoms with Gasteiger partial charge in [0.2, 0.25) is 0 Å². The fourth-order valence-corrected chi connectivity index (χ4v) is 0.228. The number of hydrogen-bond acceptors (Lipinski definition) is 2. The highest BCUT2D eigenvalue weighted by molar-refractivity contribution is 4.33. The molecule has 9 heavy (non-hydrogen) atoms. The first-order chi connectivity index (χ1) is 4.06. The molecule has 2 nitrogen and oxygen atoms in total. The van der Waals surface area contributed by atoms with Crippen LogP contribution in [0, 0.1) is 0 Å². The molecule has 0 aliphatic rings. The fraction of sp³-hybridized carbons (Fsp3) is 1.00. The van der Waals surface area contributed by atoms with Crippen molar-refractivity contribution in [3.05, 3.63) is 0 Å². The molecule has 0 fully saturated rings. The van der Waals surface area contributed by atoms with Gasteiger partial charge in [-0.25, -0.2) is 0 Å². The van der Waals surface area contributed by atoms with Gasteiger partial charge >= 0.3 is 6.11 Å². The van der Waals surface area contributed by atoms with Gasteiger partial charge in [-0.15, -0.1) is 0 Å². The maximum Gasteiger partial charge on any atom is 0.354 e. The van der Waals surface area contributed by atoms with E-state index in [2.05, 4.69) is 9.47 Å². The zero-order valence-corrected chi connectivity index (χ0v) is 5.49. The van der Waals surface area contributed by atoms with Crippen molar-refractivity contribution < 1.29 is 18.3 Å². The first kappa shape index (κ1) is 8.78. The Labute approximate surface area is 52.8 Å². The zero-order chi connectivity index (χ0) is 7.33. The van der Waals surface area contributed by atoms with Crippen LogP contribution in [-0.4, -0.2) is 19.5 Å². The van der Waals surface area contributed by atoms with Crippen LogP contribution >= 0.6 is 0 Å². The molecule has 0 spiro atoms. The largest absolute Gasteiger partial charge is 0.355 e. The number of rotatable bonds is 4. The van der Waals surface area contributed by atoms with E-state index in [-0.39, 0.29) is 6.79 Å². The van der Waals surface area contributed by atoms with Crippen LogP contribution in [0.2, 0.25) is 0 Å². The van der Waals surface area contributed by atoms with Crippen molar-refractivity contribution in [1.82, 2.24) is 0 Å². The molecule has 0 saturated heterocycles. The molecular formula is C5H10F2O2. The minimum atomic E-state index is -3.07. The Balaban J connectivity index is 3.07. The standard InChI is InChI=1S/C5H10F2O2/c1-3-8-4-9-5(2,6)7/h3-4H2,1-2H3. The van der Waals surface area contributed by atoms with Gasteiger partial charge in [0, 0.05) is 13.5 Å². The summed E-state index contributed by atoms with van der Waals surface area (Å²) in [5.41, 5.74) is 0. The molecule has 56 valence electrons. The number of alkyl halides is 2. The van der Waals surface area contributed by atoms with Gasteiger partial charge in [-0.2, -0.15) is 8.78 Å². The minimum Gasteiger partial charge on any atom is -0.355 e. The molecule has 0 aliphatic carbocycles. The first-order valence-corrected chi connectivity index (χ1v) is 2.66. The predicted molar refractivity (Wildman–Crippen MR) is 28.2 cm³/mol. The lowest BCUT2D eigenvalue weighted by Gasteiger charge is -2.09. The van der Waals surface area contributed by atoms with Gasteiger partial charge in [-0.05, 0) is 6.92 Å². The highest BCUT2D eigenvalue weighted by atomic mass is 19.3. The third kappa shape index (κ3) is 7.78. The summed E-state index contributed by atoms with van der Waals surface area (Å²) in [6.07, 6.45) is -3.07. The summed E-state index contributed by atoms with van der Waals surface area (Å²) in [7, 11) is 0. The van der Waals surface area contributed by atoms with E-state index in [9.17, 15) is 8.78 Å². The summed E-state index contributed by atoms with van der Waals surface area (Å²) < 4.78 is 31.9. The lowest BCUT2D eigenvalue weighted by molar-refractivity contribution is -0.264. The van der Waals surface area contributed by atoms with Crippen LogP contribution in [-0.2, 0) is 9.47 Å². The van der Waals surface area contributed by atoms with E-state index in [1.165, 1.54) is 0 Å². The molecule has 0 aromatic heterocycles. The molecule has 0 aromatic rings. The SMILES string of the molecule is CCOCOC(C)(F)F. The Morgan fingerprint density at radius 2 is 2.00 bits per heavy atom. The van der Waals surface area contributed by atoms with Gasteiger partial charge in [0.1, 0.15) is 0 Å². The lowest BCUT2D eigenvalue weighted by Crippen LogP contribution is -2.17. The molecule has 0 radical (unpaired) electrons. The van der Waals surface area contributed by atoms with Crippen molar-refractivity contribution in [2.45, 2.75) is 20.0 Å². The van der Waals surface area contributed by atoms with Gasteiger partial charge in [0.15, 0.2) is 6.79 Å². The first-order valence-electron chi connectivity index (χ1n) is 2.66. The smallest absolute Gasteiger partial charge is 0.354 e. The maximum absolute atomic E-state index is 11.7. The summed E-state index contributed by atoms with van der Waals surface area (Å²) in [5, 5.41) is 0. The molecule has 0 amide bonds. The second kappa shape index (κ2) is 3.74. The summed E-state index contributed by atoms with van der Waals surface area (Å²) in [4.78, 5) is 0. The highest BCUT2D eigenvalue weighted by Crippen LogP contribution is 2.12. The van der Waals surface area contributed by atoms with E-state index < -0.39 is 6.11 Å². The predicted octanol–water partition coefficient (Wildman–Crippen LogP) is 1.61. The molecular weight excluding hydrogens is 130 g/mol. The van der Waals surface area contributed by atoms with E-state index in [4.69, 9.17) is 0 Å². The van der Waals surface area contributed by atoms with Crippen LogP contribution in [0.5, 0.6) is 0 Å². The maximum atomic E-state index is 11.7.